The molecule has 0 atom stereocenters. The van der Waals surface area contributed by atoms with Gasteiger partial charge in [0.2, 0.25) is 0 Å². The van der Waals surface area contributed by atoms with Crippen molar-refractivity contribution in [2.24, 2.45) is 5.92 Å². The number of methoxy groups -OCH3 is 1. The fourth-order valence-corrected chi connectivity index (χ4v) is 4.89. The fourth-order valence-electron chi connectivity index (χ4n) is 3.29. The van der Waals surface area contributed by atoms with E-state index >= 15 is 0 Å². The molecular formula is C20H21N3O2S2. The van der Waals surface area contributed by atoms with Gasteiger partial charge in [-0.2, -0.15) is 8.75 Å². The van der Waals surface area contributed by atoms with Crippen LogP contribution in [0.15, 0.2) is 47.4 Å². The zero-order valence-corrected chi connectivity index (χ0v) is 16.8. The van der Waals surface area contributed by atoms with Crippen LogP contribution in [-0.2, 0) is 0 Å². The van der Waals surface area contributed by atoms with Crippen LogP contribution in [0.3, 0.4) is 0 Å². The smallest absolute Gasteiger partial charge is 0.253 e. The minimum Gasteiger partial charge on any atom is -0.497 e. The summed E-state index contributed by atoms with van der Waals surface area (Å²) in [5.74, 6) is 2.72. The number of piperidine rings is 1. The Balaban J connectivity index is 1.29. The summed E-state index contributed by atoms with van der Waals surface area (Å²) in [6, 6.07) is 13.8. The number of carbonyl (C=O) groups is 1. The third kappa shape index (κ3) is 4.25. The van der Waals surface area contributed by atoms with Crippen LogP contribution in [0.25, 0.3) is 11.0 Å². The maximum Gasteiger partial charge on any atom is 0.253 e. The van der Waals surface area contributed by atoms with Gasteiger partial charge in [-0.1, -0.05) is 0 Å². The maximum absolute atomic E-state index is 12.8. The number of fused-ring (bicyclic) bond motifs is 1. The number of nitrogens with zero attached hydrogens (tertiary/aromatic N) is 3. The average Bonchev–Trinajstić information content (AvgIpc) is 3.20. The second-order valence-electron chi connectivity index (χ2n) is 6.69. The molecule has 0 saturated carbocycles. The van der Waals surface area contributed by atoms with Crippen molar-refractivity contribution in [3.05, 3.63) is 48.0 Å². The zero-order valence-electron chi connectivity index (χ0n) is 15.1. The van der Waals surface area contributed by atoms with Gasteiger partial charge >= 0.3 is 0 Å². The summed E-state index contributed by atoms with van der Waals surface area (Å²) in [5.41, 5.74) is 2.36. The number of ether oxygens (including phenoxy) is 1. The Morgan fingerprint density at radius 1 is 1.15 bits per heavy atom. The van der Waals surface area contributed by atoms with Crippen LogP contribution in [-0.4, -0.2) is 45.5 Å². The summed E-state index contributed by atoms with van der Waals surface area (Å²) in [6.45, 7) is 1.64. The molecule has 2 heterocycles. The lowest BCUT2D eigenvalue weighted by Crippen LogP contribution is -2.39. The summed E-state index contributed by atoms with van der Waals surface area (Å²) >= 11 is 3.06. The molecule has 3 aromatic rings. The molecule has 0 unspecified atom stereocenters. The number of hydrogen-bond donors (Lipinski definition) is 0. The molecular weight excluding hydrogens is 378 g/mol. The van der Waals surface area contributed by atoms with Crippen molar-refractivity contribution < 1.29 is 9.53 Å². The molecule has 0 spiro atoms. The quantitative estimate of drug-likeness (QED) is 0.597. The van der Waals surface area contributed by atoms with Crippen LogP contribution >= 0.6 is 23.5 Å². The molecule has 0 bridgehead atoms. The molecule has 1 fully saturated rings. The van der Waals surface area contributed by atoms with Crippen molar-refractivity contribution in [3.63, 3.8) is 0 Å². The van der Waals surface area contributed by atoms with Crippen LogP contribution in [0.5, 0.6) is 5.75 Å². The molecule has 0 radical (unpaired) electrons. The number of hydrogen-bond acceptors (Lipinski definition) is 6. The largest absolute Gasteiger partial charge is 0.497 e. The average molecular weight is 400 g/mol. The summed E-state index contributed by atoms with van der Waals surface area (Å²) in [5, 5.41) is 0. The Bertz CT molecular complexity index is 918. The third-order valence-corrected chi connectivity index (χ3v) is 6.75. The van der Waals surface area contributed by atoms with E-state index in [2.05, 4.69) is 20.9 Å². The number of rotatable bonds is 5. The van der Waals surface area contributed by atoms with Gasteiger partial charge < -0.3 is 9.64 Å². The lowest BCUT2D eigenvalue weighted by molar-refractivity contribution is 0.0699. The zero-order chi connectivity index (χ0) is 18.6. The van der Waals surface area contributed by atoms with Gasteiger partial charge in [0.25, 0.3) is 5.91 Å². The molecule has 4 rings (SSSR count). The van der Waals surface area contributed by atoms with Crippen molar-refractivity contribution in [1.82, 2.24) is 13.6 Å². The molecule has 27 heavy (non-hydrogen) atoms. The standard InChI is InChI=1S/C20H21N3O2S2/c1-25-16-3-5-17(6-4-16)26-13-14-8-10-23(11-9-14)20(24)15-2-7-18-19(12-15)22-27-21-18/h2-7,12,14H,8-11,13H2,1H3. The number of carbonyl (C=O) groups excluding carboxylic acids is 1. The molecule has 0 N–H and O–H groups in total. The second kappa shape index (κ2) is 8.27. The van der Waals surface area contributed by atoms with Gasteiger partial charge in [0.15, 0.2) is 0 Å². The lowest BCUT2D eigenvalue weighted by Gasteiger charge is -2.32. The Labute approximate surface area is 167 Å². The molecule has 5 nitrogen and oxygen atoms in total. The SMILES string of the molecule is COc1ccc(SCC2CCN(C(=O)c3ccc4nsnc4c3)CC2)cc1. The van der Waals surface area contributed by atoms with Gasteiger partial charge in [0, 0.05) is 29.3 Å². The highest BCUT2D eigenvalue weighted by Gasteiger charge is 2.24. The summed E-state index contributed by atoms with van der Waals surface area (Å²) in [6.07, 6.45) is 2.10. The van der Waals surface area contributed by atoms with E-state index in [1.807, 2.05) is 47.0 Å². The van der Waals surface area contributed by atoms with Crippen LogP contribution in [0.2, 0.25) is 0 Å². The van der Waals surface area contributed by atoms with E-state index in [0.29, 0.717) is 11.5 Å². The van der Waals surface area contributed by atoms with Gasteiger partial charge in [-0.25, -0.2) is 0 Å². The Kier molecular flexibility index (Phi) is 5.59. The second-order valence-corrected chi connectivity index (χ2v) is 8.31. The van der Waals surface area contributed by atoms with Gasteiger partial charge in [0.05, 0.1) is 18.8 Å². The highest BCUT2D eigenvalue weighted by molar-refractivity contribution is 7.99. The van der Waals surface area contributed by atoms with Crippen LogP contribution in [0.4, 0.5) is 0 Å². The van der Waals surface area contributed by atoms with Gasteiger partial charge in [-0.3, -0.25) is 4.79 Å². The molecule has 140 valence electrons. The van der Waals surface area contributed by atoms with Gasteiger partial charge in [0.1, 0.15) is 16.8 Å². The predicted octanol–water partition coefficient (Wildman–Crippen LogP) is 4.34. The van der Waals surface area contributed by atoms with E-state index < -0.39 is 0 Å². The minimum atomic E-state index is 0.103. The first kappa shape index (κ1) is 18.3. The highest BCUT2D eigenvalue weighted by Crippen LogP contribution is 2.28. The first-order valence-electron chi connectivity index (χ1n) is 9.01. The number of amides is 1. The van der Waals surface area contributed by atoms with Crippen LogP contribution in [0.1, 0.15) is 23.2 Å². The lowest BCUT2D eigenvalue weighted by atomic mass is 9.98. The Hall–Kier alpha value is -2.12. The van der Waals surface area contributed by atoms with E-state index in [4.69, 9.17) is 4.74 Å². The first-order valence-corrected chi connectivity index (χ1v) is 10.7. The van der Waals surface area contributed by atoms with Crippen molar-refractivity contribution >= 4 is 40.4 Å². The summed E-state index contributed by atoms with van der Waals surface area (Å²) in [7, 11) is 1.68. The summed E-state index contributed by atoms with van der Waals surface area (Å²) in [4.78, 5) is 16.0. The normalized spacial score (nSPS) is 15.2. The molecule has 1 aliphatic heterocycles. The predicted molar refractivity (Wildman–Crippen MR) is 110 cm³/mol. The Morgan fingerprint density at radius 2 is 1.89 bits per heavy atom. The van der Waals surface area contributed by atoms with E-state index in [9.17, 15) is 4.79 Å². The molecule has 1 aliphatic rings. The van der Waals surface area contributed by atoms with E-state index in [1.165, 1.54) is 16.6 Å². The number of thioether (sulfide) groups is 1. The van der Waals surface area contributed by atoms with Gasteiger partial charge in [-0.05, 0) is 61.2 Å². The van der Waals surface area contributed by atoms with Crippen molar-refractivity contribution in [2.75, 3.05) is 26.0 Å². The maximum atomic E-state index is 12.8. The van der Waals surface area contributed by atoms with E-state index in [-0.39, 0.29) is 5.91 Å². The van der Waals surface area contributed by atoms with Crippen LogP contribution in [0, 0.1) is 5.92 Å². The highest BCUT2D eigenvalue weighted by atomic mass is 32.2. The van der Waals surface area contributed by atoms with E-state index in [1.54, 1.807) is 7.11 Å². The van der Waals surface area contributed by atoms with Crippen molar-refractivity contribution in [2.45, 2.75) is 17.7 Å². The molecule has 1 saturated heterocycles. The number of likely N-dealkylation sites (tertiary alicyclic amines) is 1. The minimum absolute atomic E-state index is 0.103. The fraction of sp³-hybridized carbons (Fsp3) is 0.350. The van der Waals surface area contributed by atoms with E-state index in [0.717, 1.165) is 48.5 Å². The number of benzene rings is 2. The molecule has 1 aromatic heterocycles. The first-order chi connectivity index (χ1) is 13.2. The third-order valence-electron chi connectivity index (χ3n) is 4.95. The molecule has 2 aromatic carbocycles. The topological polar surface area (TPSA) is 55.3 Å². The Morgan fingerprint density at radius 3 is 2.63 bits per heavy atom. The van der Waals surface area contributed by atoms with Crippen LogP contribution < -0.4 is 4.74 Å². The molecule has 7 heteroatoms. The van der Waals surface area contributed by atoms with Gasteiger partial charge in [-0.15, -0.1) is 11.8 Å². The van der Waals surface area contributed by atoms with Crippen molar-refractivity contribution in [1.29, 1.82) is 0 Å². The van der Waals surface area contributed by atoms with Crippen molar-refractivity contribution in [3.8, 4) is 5.75 Å². The number of aromatic nitrogens is 2. The monoisotopic (exact) mass is 399 g/mol. The molecule has 1 amide bonds. The molecule has 0 aliphatic carbocycles. The summed E-state index contributed by atoms with van der Waals surface area (Å²) < 4.78 is 13.6.